The summed E-state index contributed by atoms with van der Waals surface area (Å²) in [5.74, 6) is 0. The van der Waals surface area contributed by atoms with Crippen molar-refractivity contribution >= 4 is 33.0 Å². The molecule has 0 saturated carbocycles. The smallest absolute Gasteiger partial charge is 0.0618 e. The van der Waals surface area contributed by atoms with Crippen LogP contribution >= 0.6 is 15.9 Å². The van der Waals surface area contributed by atoms with E-state index >= 15 is 0 Å². The van der Waals surface area contributed by atoms with Gasteiger partial charge >= 0.3 is 0 Å². The van der Waals surface area contributed by atoms with Crippen LogP contribution in [0.4, 0.5) is 17.1 Å². The summed E-state index contributed by atoms with van der Waals surface area (Å²) in [6.07, 6.45) is 0.806. The van der Waals surface area contributed by atoms with Crippen LogP contribution in [0.5, 0.6) is 0 Å². The Bertz CT molecular complexity index is 506. The van der Waals surface area contributed by atoms with E-state index in [-0.39, 0.29) is 0 Å². The first-order valence-electron chi connectivity index (χ1n) is 5.39. The summed E-state index contributed by atoms with van der Waals surface area (Å²) in [7, 11) is 0. The molecule has 0 fully saturated rings. The van der Waals surface area contributed by atoms with Crippen LogP contribution < -0.4 is 11.1 Å². The van der Waals surface area contributed by atoms with Crippen molar-refractivity contribution in [3.8, 4) is 0 Å². The maximum Gasteiger partial charge on any atom is 0.0618 e. The molecule has 0 heterocycles. The van der Waals surface area contributed by atoms with Gasteiger partial charge in [-0.3, -0.25) is 0 Å². The van der Waals surface area contributed by atoms with Crippen LogP contribution in [-0.4, -0.2) is 0 Å². The minimum atomic E-state index is 0.723. The topological polar surface area (TPSA) is 38.0 Å². The van der Waals surface area contributed by atoms with Crippen molar-refractivity contribution in [2.24, 2.45) is 0 Å². The number of hydrogen-bond acceptors (Lipinski definition) is 2. The second kappa shape index (κ2) is 5.23. The highest BCUT2D eigenvalue weighted by molar-refractivity contribution is 9.10. The molecule has 0 spiro atoms. The molecule has 0 unspecified atom stereocenters. The summed E-state index contributed by atoms with van der Waals surface area (Å²) in [5.41, 5.74) is 9.80. The number of benzene rings is 2. The Morgan fingerprint density at radius 3 is 2.41 bits per heavy atom. The van der Waals surface area contributed by atoms with Crippen molar-refractivity contribution in [1.82, 2.24) is 0 Å². The standard InChI is InChI=1S/C14H14BrN2/c1-2-10-3-6-12(7-4-10)17-14-8-5-11(15)9-13(14)16/h3-9,17H,1-2,16H2. The maximum absolute atomic E-state index is 5.92. The van der Waals surface area contributed by atoms with Gasteiger partial charge in [-0.05, 0) is 49.2 Å². The van der Waals surface area contributed by atoms with Gasteiger partial charge in [0.05, 0.1) is 11.4 Å². The highest BCUT2D eigenvalue weighted by Gasteiger charge is 2.00. The normalized spacial score (nSPS) is 10.2. The van der Waals surface area contributed by atoms with E-state index in [1.807, 2.05) is 30.3 Å². The first-order valence-corrected chi connectivity index (χ1v) is 6.18. The molecule has 2 aromatic carbocycles. The lowest BCUT2D eigenvalue weighted by Crippen LogP contribution is -1.96. The van der Waals surface area contributed by atoms with E-state index in [1.54, 1.807) is 0 Å². The van der Waals surface area contributed by atoms with E-state index in [0.29, 0.717) is 0 Å². The van der Waals surface area contributed by atoms with Gasteiger partial charge in [-0.15, -0.1) is 0 Å². The van der Waals surface area contributed by atoms with Crippen molar-refractivity contribution in [3.63, 3.8) is 0 Å². The third-order valence-corrected chi connectivity index (χ3v) is 3.03. The molecule has 1 radical (unpaired) electrons. The fraction of sp³-hybridized carbons (Fsp3) is 0.0714. The molecule has 0 atom stereocenters. The molecule has 0 aromatic heterocycles. The molecule has 0 saturated heterocycles. The molecule has 2 rings (SSSR count). The average Bonchev–Trinajstić information content (AvgIpc) is 2.34. The molecule has 2 nitrogen and oxygen atoms in total. The van der Waals surface area contributed by atoms with Crippen LogP contribution in [0.25, 0.3) is 0 Å². The number of nitrogen functional groups attached to an aromatic ring is 1. The molecular weight excluding hydrogens is 276 g/mol. The van der Waals surface area contributed by atoms with Gasteiger partial charge in [0.1, 0.15) is 0 Å². The quantitative estimate of drug-likeness (QED) is 0.833. The highest BCUT2D eigenvalue weighted by Crippen LogP contribution is 2.26. The van der Waals surface area contributed by atoms with Crippen molar-refractivity contribution in [3.05, 3.63) is 59.4 Å². The minimum absolute atomic E-state index is 0.723. The summed E-state index contributed by atoms with van der Waals surface area (Å²) < 4.78 is 0.980. The van der Waals surface area contributed by atoms with Crippen molar-refractivity contribution in [1.29, 1.82) is 0 Å². The van der Waals surface area contributed by atoms with Gasteiger partial charge in [0, 0.05) is 10.2 Å². The van der Waals surface area contributed by atoms with Gasteiger partial charge in [0.15, 0.2) is 0 Å². The molecule has 0 bridgehead atoms. The molecule has 0 amide bonds. The monoisotopic (exact) mass is 289 g/mol. The van der Waals surface area contributed by atoms with E-state index < -0.39 is 0 Å². The third kappa shape index (κ3) is 3.01. The highest BCUT2D eigenvalue weighted by atomic mass is 79.9. The summed E-state index contributed by atoms with van der Waals surface area (Å²) in [6.45, 7) is 3.85. The summed E-state index contributed by atoms with van der Waals surface area (Å²) in [4.78, 5) is 0. The van der Waals surface area contributed by atoms with E-state index in [1.165, 1.54) is 5.56 Å². The van der Waals surface area contributed by atoms with Crippen LogP contribution in [0.3, 0.4) is 0 Å². The largest absolute Gasteiger partial charge is 0.397 e. The maximum atomic E-state index is 5.92. The second-order valence-corrected chi connectivity index (χ2v) is 4.72. The predicted octanol–water partition coefficient (Wildman–Crippen LogP) is 4.15. The van der Waals surface area contributed by atoms with Crippen LogP contribution in [0.1, 0.15) is 5.56 Å². The molecular formula is C14H14BrN2. The molecule has 0 aliphatic heterocycles. The first kappa shape index (κ1) is 12.0. The number of nitrogens with one attached hydrogen (secondary N) is 1. The van der Waals surface area contributed by atoms with Gasteiger partial charge in [-0.2, -0.15) is 0 Å². The number of halogens is 1. The Balaban J connectivity index is 2.19. The molecule has 17 heavy (non-hydrogen) atoms. The molecule has 3 heteroatoms. The lowest BCUT2D eigenvalue weighted by molar-refractivity contribution is 1.27. The van der Waals surface area contributed by atoms with Crippen LogP contribution in [-0.2, 0) is 6.42 Å². The van der Waals surface area contributed by atoms with Gasteiger partial charge in [0.25, 0.3) is 0 Å². The van der Waals surface area contributed by atoms with Crippen LogP contribution in [0.2, 0.25) is 0 Å². The Morgan fingerprint density at radius 2 is 1.82 bits per heavy atom. The predicted molar refractivity (Wildman–Crippen MR) is 77.3 cm³/mol. The zero-order chi connectivity index (χ0) is 12.3. The lowest BCUT2D eigenvalue weighted by Gasteiger charge is -2.10. The molecule has 0 aliphatic rings. The minimum Gasteiger partial charge on any atom is -0.397 e. The fourth-order valence-corrected chi connectivity index (χ4v) is 1.94. The number of hydrogen-bond donors (Lipinski definition) is 2. The molecule has 3 N–H and O–H groups in total. The Kier molecular flexibility index (Phi) is 3.69. The summed E-state index contributed by atoms with van der Waals surface area (Å²) >= 11 is 3.39. The number of anilines is 3. The SMILES string of the molecule is [CH2]Cc1ccc(Nc2ccc(Br)cc2N)cc1. The van der Waals surface area contributed by atoms with E-state index in [9.17, 15) is 0 Å². The van der Waals surface area contributed by atoms with Crippen molar-refractivity contribution in [2.45, 2.75) is 6.42 Å². The van der Waals surface area contributed by atoms with E-state index in [4.69, 9.17) is 5.73 Å². The Labute approximate surface area is 110 Å². The number of nitrogens with two attached hydrogens (primary N) is 1. The lowest BCUT2D eigenvalue weighted by atomic mass is 10.1. The van der Waals surface area contributed by atoms with Gasteiger partial charge in [-0.1, -0.05) is 28.1 Å². The third-order valence-electron chi connectivity index (χ3n) is 2.54. The molecule has 2 aromatic rings. The van der Waals surface area contributed by atoms with Crippen molar-refractivity contribution < 1.29 is 0 Å². The number of rotatable bonds is 3. The summed E-state index contributed by atoms with van der Waals surface area (Å²) in [6, 6.07) is 14.0. The Hall–Kier alpha value is -1.48. The van der Waals surface area contributed by atoms with Crippen LogP contribution in [0, 0.1) is 6.92 Å². The van der Waals surface area contributed by atoms with Gasteiger partial charge in [-0.25, -0.2) is 0 Å². The fourth-order valence-electron chi connectivity index (χ4n) is 1.56. The van der Waals surface area contributed by atoms with E-state index in [2.05, 4.69) is 40.3 Å². The molecule has 0 aliphatic carbocycles. The molecule has 87 valence electrons. The second-order valence-electron chi connectivity index (χ2n) is 3.80. The summed E-state index contributed by atoms with van der Waals surface area (Å²) in [5, 5.41) is 3.28. The van der Waals surface area contributed by atoms with Gasteiger partial charge in [0.2, 0.25) is 0 Å². The first-order chi connectivity index (χ1) is 8.19. The van der Waals surface area contributed by atoms with Gasteiger partial charge < -0.3 is 11.1 Å². The average molecular weight is 290 g/mol. The van der Waals surface area contributed by atoms with E-state index in [0.717, 1.165) is 28.0 Å². The van der Waals surface area contributed by atoms with Crippen molar-refractivity contribution in [2.75, 3.05) is 11.1 Å². The van der Waals surface area contributed by atoms with Crippen LogP contribution in [0.15, 0.2) is 46.9 Å². The Morgan fingerprint density at radius 1 is 1.12 bits per heavy atom. The zero-order valence-corrected chi connectivity index (χ0v) is 11.0. The zero-order valence-electron chi connectivity index (χ0n) is 9.41.